The first-order valence-electron chi connectivity index (χ1n) is 11.8. The van der Waals surface area contributed by atoms with Crippen LogP contribution in [0.2, 0.25) is 0 Å². The summed E-state index contributed by atoms with van der Waals surface area (Å²) < 4.78 is 6.01. The minimum Gasteiger partial charge on any atom is -0.507 e. The predicted octanol–water partition coefficient (Wildman–Crippen LogP) is 3.57. The molecular weight excluding hydrogens is 469 g/mol. The number of benzene rings is 4. The van der Waals surface area contributed by atoms with Gasteiger partial charge in [0.1, 0.15) is 17.1 Å². The second kappa shape index (κ2) is 9.93. The van der Waals surface area contributed by atoms with Crippen molar-refractivity contribution in [1.29, 1.82) is 0 Å². The van der Waals surface area contributed by atoms with Gasteiger partial charge in [-0.15, -0.1) is 0 Å². The zero-order valence-electron chi connectivity index (χ0n) is 20.1. The van der Waals surface area contributed by atoms with E-state index >= 15 is 0 Å². The van der Waals surface area contributed by atoms with Gasteiger partial charge in [0, 0.05) is 47.3 Å². The predicted molar refractivity (Wildman–Crippen MR) is 144 cm³/mol. The van der Waals surface area contributed by atoms with Crippen LogP contribution in [0.25, 0.3) is 33.4 Å². The van der Waals surface area contributed by atoms with E-state index in [2.05, 4.69) is 0 Å². The van der Waals surface area contributed by atoms with Crippen molar-refractivity contribution in [3.05, 3.63) is 106 Å². The molecule has 184 valence electrons. The van der Waals surface area contributed by atoms with Crippen LogP contribution in [0.1, 0.15) is 21.5 Å². The molecule has 3 aromatic rings. The standard InChI is InChI=1S/C29H24BNO6/c1-31(15-17-6-2-5-9-24(17)30-36)16-18-12-23-27(14-25(18)33)37-26-13-19(32)10-11-22(26)28(23)20-7-3-4-8-21(20)29(34)35/h2-14,30,33,36H,15-16H2,1H3,(H,34,35). The number of nitrogens with zero attached hydrogens (tertiary/aromatic N) is 1. The number of carbonyl (C=O) groups is 1. The molecule has 37 heavy (non-hydrogen) atoms. The summed E-state index contributed by atoms with van der Waals surface area (Å²) in [5, 5.41) is 31.0. The summed E-state index contributed by atoms with van der Waals surface area (Å²) in [6, 6.07) is 22.1. The second-order valence-corrected chi connectivity index (χ2v) is 9.06. The van der Waals surface area contributed by atoms with Gasteiger partial charge in [-0.2, -0.15) is 0 Å². The highest BCUT2D eigenvalue weighted by Crippen LogP contribution is 2.42. The van der Waals surface area contributed by atoms with E-state index in [0.29, 0.717) is 52.1 Å². The number of hydrogen-bond donors (Lipinski definition) is 3. The van der Waals surface area contributed by atoms with Gasteiger partial charge in [0.05, 0.1) is 5.56 Å². The van der Waals surface area contributed by atoms with E-state index in [1.165, 1.54) is 24.3 Å². The second-order valence-electron chi connectivity index (χ2n) is 9.06. The van der Waals surface area contributed by atoms with Gasteiger partial charge in [-0.05, 0) is 47.9 Å². The van der Waals surface area contributed by atoms with E-state index < -0.39 is 5.97 Å². The quantitative estimate of drug-likeness (QED) is 0.235. The van der Waals surface area contributed by atoms with Crippen molar-refractivity contribution in [3.8, 4) is 28.2 Å². The van der Waals surface area contributed by atoms with Crippen LogP contribution in [-0.2, 0) is 13.1 Å². The van der Waals surface area contributed by atoms with Crippen LogP contribution in [0.4, 0.5) is 0 Å². The molecule has 0 unspecified atom stereocenters. The molecular formula is C29H24BNO6. The summed E-state index contributed by atoms with van der Waals surface area (Å²) in [5.74, 6) is -0.742. The molecule has 2 aliphatic rings. The van der Waals surface area contributed by atoms with Gasteiger partial charge in [-0.3, -0.25) is 9.69 Å². The van der Waals surface area contributed by atoms with E-state index in [1.807, 2.05) is 36.2 Å². The number of hydrogen-bond acceptors (Lipinski definition) is 6. The minimum absolute atomic E-state index is 0.0219. The minimum atomic E-state index is -1.07. The van der Waals surface area contributed by atoms with Gasteiger partial charge in [0.25, 0.3) is 0 Å². The fourth-order valence-corrected chi connectivity index (χ4v) is 4.76. The molecule has 0 fully saturated rings. The fourth-order valence-electron chi connectivity index (χ4n) is 4.76. The third-order valence-corrected chi connectivity index (χ3v) is 6.49. The highest BCUT2D eigenvalue weighted by molar-refractivity contribution is 6.46. The molecule has 3 N–H and O–H groups in total. The van der Waals surface area contributed by atoms with Gasteiger partial charge >= 0.3 is 13.5 Å². The number of aromatic carboxylic acids is 1. The molecule has 0 spiro atoms. The van der Waals surface area contributed by atoms with Crippen molar-refractivity contribution in [2.45, 2.75) is 13.1 Å². The first kappa shape index (κ1) is 24.3. The topological polar surface area (TPSA) is 111 Å². The number of fused-ring (bicyclic) bond motifs is 2. The van der Waals surface area contributed by atoms with Crippen LogP contribution >= 0.6 is 0 Å². The molecule has 1 aliphatic carbocycles. The van der Waals surface area contributed by atoms with Crippen LogP contribution in [0.15, 0.2) is 88.1 Å². The van der Waals surface area contributed by atoms with Crippen LogP contribution in [0, 0.1) is 0 Å². The van der Waals surface area contributed by atoms with E-state index in [0.717, 1.165) is 11.0 Å². The number of phenolic OH excluding ortho intramolecular Hbond substituents is 1. The lowest BCUT2D eigenvalue weighted by Crippen LogP contribution is -2.25. The number of aromatic hydroxyl groups is 1. The zero-order valence-corrected chi connectivity index (χ0v) is 20.1. The Balaban J connectivity index is 1.67. The third-order valence-electron chi connectivity index (χ3n) is 6.49. The Hall–Kier alpha value is -4.40. The Bertz CT molecular complexity index is 1660. The summed E-state index contributed by atoms with van der Waals surface area (Å²) >= 11 is 0. The Kier molecular flexibility index (Phi) is 6.52. The number of carboxylic acid groups (broad SMARTS) is 1. The highest BCUT2D eigenvalue weighted by Gasteiger charge is 2.23. The van der Waals surface area contributed by atoms with E-state index in [9.17, 15) is 24.8 Å². The average molecular weight is 493 g/mol. The van der Waals surface area contributed by atoms with E-state index in [1.54, 1.807) is 30.3 Å². The average Bonchev–Trinajstić information content (AvgIpc) is 2.88. The SMILES string of the molecule is CN(Cc1cc2c(-c3ccccc3C(=O)O)c3ccc(=O)cc-3oc2cc1O)Cc1ccccc1BO. The molecule has 0 amide bonds. The molecule has 5 rings (SSSR count). The van der Waals surface area contributed by atoms with Gasteiger partial charge in [0.15, 0.2) is 5.43 Å². The molecule has 0 radical (unpaired) electrons. The van der Waals surface area contributed by atoms with Crippen LogP contribution in [-0.4, -0.2) is 40.6 Å². The number of carboxylic acids is 1. The van der Waals surface area contributed by atoms with Gasteiger partial charge in [-0.25, -0.2) is 4.79 Å². The Morgan fingerprint density at radius 1 is 0.919 bits per heavy atom. The lowest BCUT2D eigenvalue weighted by Gasteiger charge is -2.21. The van der Waals surface area contributed by atoms with Crippen LogP contribution < -0.4 is 10.9 Å². The number of rotatable bonds is 7. The third kappa shape index (κ3) is 4.72. The molecule has 0 saturated carbocycles. The van der Waals surface area contributed by atoms with E-state index in [4.69, 9.17) is 4.42 Å². The number of phenols is 1. The summed E-state index contributed by atoms with van der Waals surface area (Å²) in [7, 11) is 1.86. The summed E-state index contributed by atoms with van der Waals surface area (Å²) in [6.45, 7) is 0.941. The molecule has 0 aromatic heterocycles. The first-order chi connectivity index (χ1) is 17.9. The van der Waals surface area contributed by atoms with Crippen molar-refractivity contribution < 1.29 is 24.4 Å². The summed E-state index contributed by atoms with van der Waals surface area (Å²) in [6.07, 6.45) is 0. The van der Waals surface area contributed by atoms with Crippen molar-refractivity contribution in [2.75, 3.05) is 7.05 Å². The van der Waals surface area contributed by atoms with Gasteiger partial charge < -0.3 is 19.7 Å². The maximum atomic E-state index is 12.1. The molecule has 0 atom stereocenters. The maximum Gasteiger partial charge on any atom is 0.336 e. The smallest absolute Gasteiger partial charge is 0.336 e. The molecule has 0 bridgehead atoms. The zero-order chi connectivity index (χ0) is 26.1. The molecule has 0 saturated heterocycles. The largest absolute Gasteiger partial charge is 0.507 e. The fraction of sp³-hybridized carbons (Fsp3) is 0.103. The van der Waals surface area contributed by atoms with Crippen molar-refractivity contribution in [1.82, 2.24) is 4.90 Å². The Morgan fingerprint density at radius 3 is 2.43 bits per heavy atom. The molecule has 1 aliphatic heterocycles. The normalized spacial score (nSPS) is 11.3. The highest BCUT2D eigenvalue weighted by atomic mass is 16.4. The van der Waals surface area contributed by atoms with Crippen LogP contribution in [0.5, 0.6) is 5.75 Å². The maximum absolute atomic E-state index is 12.1. The molecule has 1 heterocycles. The Morgan fingerprint density at radius 2 is 1.65 bits per heavy atom. The van der Waals surface area contributed by atoms with E-state index in [-0.39, 0.29) is 24.2 Å². The van der Waals surface area contributed by atoms with Crippen molar-refractivity contribution in [2.24, 2.45) is 0 Å². The Labute approximate surface area is 213 Å². The lowest BCUT2D eigenvalue weighted by atomic mass is 9.84. The van der Waals surface area contributed by atoms with Crippen molar-refractivity contribution in [3.63, 3.8) is 0 Å². The summed E-state index contributed by atoms with van der Waals surface area (Å²) in [4.78, 5) is 26.1. The first-order valence-corrected chi connectivity index (χ1v) is 11.8. The van der Waals surface area contributed by atoms with Gasteiger partial charge in [0.2, 0.25) is 0 Å². The van der Waals surface area contributed by atoms with Crippen molar-refractivity contribution >= 4 is 29.9 Å². The molecule has 8 heteroatoms. The van der Waals surface area contributed by atoms with Gasteiger partial charge in [-0.1, -0.05) is 42.5 Å². The molecule has 7 nitrogen and oxygen atoms in total. The lowest BCUT2D eigenvalue weighted by molar-refractivity contribution is 0.0697. The monoisotopic (exact) mass is 493 g/mol. The summed E-state index contributed by atoms with van der Waals surface area (Å²) in [5.41, 5.74) is 4.37. The molecule has 3 aromatic carbocycles. The van der Waals surface area contributed by atoms with Crippen LogP contribution in [0.3, 0.4) is 0 Å².